The van der Waals surface area contributed by atoms with E-state index in [1.807, 2.05) is 24.3 Å². The zero-order valence-corrected chi connectivity index (χ0v) is 16.5. The van der Waals surface area contributed by atoms with Crippen molar-refractivity contribution in [2.75, 3.05) is 19.5 Å². The Labute approximate surface area is 159 Å². The highest BCUT2D eigenvalue weighted by Gasteiger charge is 2.03. The molecule has 0 aliphatic heterocycles. The van der Waals surface area contributed by atoms with Crippen molar-refractivity contribution >= 4 is 29.2 Å². The van der Waals surface area contributed by atoms with Gasteiger partial charge in [-0.2, -0.15) is 0 Å². The molecule has 3 N–H and O–H groups in total. The number of nitrogens with zero attached hydrogens (tertiary/aromatic N) is 2. The van der Waals surface area contributed by atoms with Crippen LogP contribution in [0.4, 0.5) is 5.82 Å². The highest BCUT2D eigenvalue weighted by Crippen LogP contribution is 2.23. The van der Waals surface area contributed by atoms with Gasteiger partial charge in [0.15, 0.2) is 5.16 Å². The lowest BCUT2D eigenvalue weighted by Crippen LogP contribution is -1.95. The molecule has 0 aliphatic carbocycles. The number of ether oxygens (including phenoxy) is 1. The first kappa shape index (κ1) is 21.5. The molecule has 138 valence electrons. The fourth-order valence-corrected chi connectivity index (χ4v) is 2.91. The van der Waals surface area contributed by atoms with Crippen molar-refractivity contribution in [1.29, 1.82) is 0 Å². The zero-order valence-electron chi connectivity index (χ0n) is 14.9. The summed E-state index contributed by atoms with van der Waals surface area (Å²) in [5, 5.41) is 9.26. The molecule has 0 saturated heterocycles. The molecule has 1 heterocycles. The van der Waals surface area contributed by atoms with Crippen molar-refractivity contribution in [3.05, 3.63) is 41.0 Å². The van der Waals surface area contributed by atoms with Crippen molar-refractivity contribution in [1.82, 2.24) is 9.97 Å². The molecule has 1 aromatic carbocycles. The van der Waals surface area contributed by atoms with E-state index in [0.717, 1.165) is 35.8 Å². The van der Waals surface area contributed by atoms with Gasteiger partial charge in [0.05, 0.1) is 7.11 Å². The number of aliphatic hydroxyl groups is 1. The van der Waals surface area contributed by atoms with Gasteiger partial charge in [-0.15, -0.1) is 0 Å². The summed E-state index contributed by atoms with van der Waals surface area (Å²) in [6.45, 7) is 4.67. The minimum absolute atomic E-state index is 0.345. The van der Waals surface area contributed by atoms with E-state index < -0.39 is 0 Å². The topological polar surface area (TPSA) is 81.3 Å². The molecular formula is C18H26ClN3O2S. The SMILES string of the molecule is CC(C)CCCO.COc1ccc(CSc2nc(N)cc(Cl)n2)cc1. The van der Waals surface area contributed by atoms with Gasteiger partial charge >= 0.3 is 0 Å². The summed E-state index contributed by atoms with van der Waals surface area (Å²) < 4.78 is 5.10. The Morgan fingerprint density at radius 2 is 1.92 bits per heavy atom. The van der Waals surface area contributed by atoms with E-state index in [1.54, 1.807) is 7.11 Å². The van der Waals surface area contributed by atoms with Gasteiger partial charge in [-0.05, 0) is 36.5 Å². The van der Waals surface area contributed by atoms with Crippen molar-refractivity contribution in [3.8, 4) is 5.75 Å². The van der Waals surface area contributed by atoms with E-state index in [9.17, 15) is 0 Å². The van der Waals surface area contributed by atoms with Gasteiger partial charge in [0.25, 0.3) is 0 Å². The molecule has 5 nitrogen and oxygen atoms in total. The Bertz CT molecular complexity index is 604. The number of nitrogens with two attached hydrogens (primary N) is 1. The molecular weight excluding hydrogens is 358 g/mol. The highest BCUT2D eigenvalue weighted by atomic mass is 35.5. The Morgan fingerprint density at radius 1 is 1.24 bits per heavy atom. The molecule has 0 unspecified atom stereocenters. The smallest absolute Gasteiger partial charge is 0.191 e. The number of aliphatic hydroxyl groups excluding tert-OH is 1. The highest BCUT2D eigenvalue weighted by molar-refractivity contribution is 7.98. The zero-order chi connectivity index (χ0) is 18.7. The number of halogens is 1. The Balaban J connectivity index is 0.000000381. The van der Waals surface area contributed by atoms with Crippen molar-refractivity contribution in [3.63, 3.8) is 0 Å². The monoisotopic (exact) mass is 383 g/mol. The summed E-state index contributed by atoms with van der Waals surface area (Å²) in [4.78, 5) is 8.20. The summed E-state index contributed by atoms with van der Waals surface area (Å²) in [5.74, 6) is 2.72. The normalized spacial score (nSPS) is 10.3. The molecule has 0 saturated carbocycles. The lowest BCUT2D eigenvalue weighted by Gasteiger charge is -2.03. The number of hydrogen-bond acceptors (Lipinski definition) is 6. The van der Waals surface area contributed by atoms with E-state index in [2.05, 4.69) is 23.8 Å². The Kier molecular flexibility index (Phi) is 10.3. The minimum Gasteiger partial charge on any atom is -0.497 e. The Morgan fingerprint density at radius 3 is 2.40 bits per heavy atom. The van der Waals surface area contributed by atoms with Crippen LogP contribution in [-0.4, -0.2) is 28.8 Å². The molecule has 0 fully saturated rings. The summed E-state index contributed by atoms with van der Waals surface area (Å²) in [5.41, 5.74) is 6.76. The molecule has 0 bridgehead atoms. The summed E-state index contributed by atoms with van der Waals surface area (Å²) >= 11 is 7.30. The lowest BCUT2D eigenvalue weighted by molar-refractivity contribution is 0.276. The number of anilines is 1. The number of benzene rings is 1. The number of aromatic nitrogens is 2. The summed E-state index contributed by atoms with van der Waals surface area (Å²) in [6, 6.07) is 9.37. The molecule has 25 heavy (non-hydrogen) atoms. The standard InChI is InChI=1S/C12H12ClN3OS.C6H14O/c1-17-9-4-2-8(3-5-9)7-18-12-15-10(13)6-11(14)16-12;1-6(2)4-3-5-7/h2-6H,7H2,1H3,(H2,14,15,16);6-7H,3-5H2,1-2H3. The second-order valence-electron chi connectivity index (χ2n) is 5.79. The van der Waals surface area contributed by atoms with Gasteiger partial charge in [0.1, 0.15) is 16.7 Å². The molecule has 0 aliphatic rings. The van der Waals surface area contributed by atoms with Gasteiger partial charge in [-0.1, -0.05) is 49.3 Å². The third-order valence-electron chi connectivity index (χ3n) is 3.16. The summed E-state index contributed by atoms with van der Waals surface area (Å²) in [7, 11) is 1.65. The van der Waals surface area contributed by atoms with Crippen molar-refractivity contribution in [2.45, 2.75) is 37.6 Å². The van der Waals surface area contributed by atoms with Crippen LogP contribution in [0.1, 0.15) is 32.3 Å². The number of methoxy groups -OCH3 is 1. The molecule has 1 aromatic heterocycles. The maximum absolute atomic E-state index is 8.32. The van der Waals surface area contributed by atoms with Gasteiger partial charge in [0.2, 0.25) is 0 Å². The van der Waals surface area contributed by atoms with Crippen LogP contribution < -0.4 is 10.5 Å². The first-order chi connectivity index (χ1) is 11.9. The van der Waals surface area contributed by atoms with Gasteiger partial charge in [-0.25, -0.2) is 9.97 Å². The maximum atomic E-state index is 8.32. The number of rotatable bonds is 7. The lowest BCUT2D eigenvalue weighted by atomic mass is 10.1. The van der Waals surface area contributed by atoms with Crippen LogP contribution >= 0.6 is 23.4 Å². The number of hydrogen-bond donors (Lipinski definition) is 2. The predicted molar refractivity (Wildman–Crippen MR) is 105 cm³/mol. The van der Waals surface area contributed by atoms with Gasteiger partial charge in [-0.3, -0.25) is 0 Å². The molecule has 2 rings (SSSR count). The molecule has 0 spiro atoms. The predicted octanol–water partition coefficient (Wildman–Crippen LogP) is 4.43. The first-order valence-corrected chi connectivity index (χ1v) is 9.47. The second-order valence-corrected chi connectivity index (χ2v) is 7.12. The van der Waals surface area contributed by atoms with Crippen LogP contribution in [0.25, 0.3) is 0 Å². The van der Waals surface area contributed by atoms with Crippen LogP contribution in [-0.2, 0) is 5.75 Å². The van der Waals surface area contributed by atoms with Crippen LogP contribution in [0, 0.1) is 5.92 Å². The van der Waals surface area contributed by atoms with Crippen LogP contribution in [0.5, 0.6) is 5.75 Å². The third-order valence-corrected chi connectivity index (χ3v) is 4.27. The largest absolute Gasteiger partial charge is 0.497 e. The molecule has 0 radical (unpaired) electrons. The molecule has 7 heteroatoms. The molecule has 2 aromatic rings. The molecule has 0 amide bonds. The number of nitrogen functional groups attached to an aromatic ring is 1. The average molecular weight is 384 g/mol. The summed E-state index contributed by atoms with van der Waals surface area (Å²) in [6.07, 6.45) is 2.11. The fraction of sp³-hybridized carbons (Fsp3) is 0.444. The van der Waals surface area contributed by atoms with Gasteiger partial charge in [0, 0.05) is 18.4 Å². The maximum Gasteiger partial charge on any atom is 0.191 e. The first-order valence-electron chi connectivity index (χ1n) is 8.11. The third kappa shape index (κ3) is 9.53. The average Bonchev–Trinajstić information content (AvgIpc) is 2.58. The number of thioether (sulfide) groups is 1. The Hall–Kier alpha value is -1.50. The quantitative estimate of drug-likeness (QED) is 0.418. The van der Waals surface area contributed by atoms with Crippen LogP contribution in [0.15, 0.2) is 35.5 Å². The minimum atomic E-state index is 0.345. The van der Waals surface area contributed by atoms with Gasteiger partial charge < -0.3 is 15.6 Å². The van der Waals surface area contributed by atoms with E-state index in [1.165, 1.54) is 17.8 Å². The van der Waals surface area contributed by atoms with E-state index >= 15 is 0 Å². The second kappa shape index (κ2) is 12.0. The van der Waals surface area contributed by atoms with Crippen LogP contribution in [0.3, 0.4) is 0 Å². The van der Waals surface area contributed by atoms with E-state index in [4.69, 9.17) is 27.2 Å². The van der Waals surface area contributed by atoms with Crippen molar-refractivity contribution < 1.29 is 9.84 Å². The van der Waals surface area contributed by atoms with E-state index in [-0.39, 0.29) is 0 Å². The molecule has 0 atom stereocenters. The fourth-order valence-electron chi connectivity index (χ4n) is 1.85. The van der Waals surface area contributed by atoms with Crippen molar-refractivity contribution in [2.24, 2.45) is 5.92 Å². The van der Waals surface area contributed by atoms with E-state index in [0.29, 0.717) is 22.7 Å². The van der Waals surface area contributed by atoms with Crippen LogP contribution in [0.2, 0.25) is 5.15 Å².